The maximum atomic E-state index is 5.35. The van der Waals surface area contributed by atoms with E-state index in [4.69, 9.17) is 9.47 Å². The normalized spacial score (nSPS) is 10.0. The Morgan fingerprint density at radius 2 is 1.71 bits per heavy atom. The van der Waals surface area contributed by atoms with Crippen molar-refractivity contribution in [1.82, 2.24) is 15.0 Å². The van der Waals surface area contributed by atoms with Gasteiger partial charge in [0.05, 0.1) is 13.7 Å². The molecule has 0 spiro atoms. The van der Waals surface area contributed by atoms with Crippen molar-refractivity contribution >= 4 is 17.6 Å². The maximum absolute atomic E-state index is 5.35. The van der Waals surface area contributed by atoms with Gasteiger partial charge in [-0.2, -0.15) is 15.0 Å². The second-order valence-corrected chi connectivity index (χ2v) is 4.08. The van der Waals surface area contributed by atoms with Gasteiger partial charge in [-0.3, -0.25) is 0 Å². The number of anilines is 3. The first-order valence-corrected chi connectivity index (χ1v) is 6.79. The lowest BCUT2D eigenvalue weighted by Crippen LogP contribution is -2.08. The largest absolute Gasteiger partial charge is 0.497 e. The van der Waals surface area contributed by atoms with Gasteiger partial charge in [0.15, 0.2) is 0 Å². The van der Waals surface area contributed by atoms with Crippen molar-refractivity contribution in [2.24, 2.45) is 0 Å². The van der Waals surface area contributed by atoms with E-state index in [1.807, 2.05) is 38.1 Å². The van der Waals surface area contributed by atoms with E-state index in [9.17, 15) is 0 Å². The van der Waals surface area contributed by atoms with Crippen LogP contribution in [-0.2, 0) is 0 Å². The maximum Gasteiger partial charge on any atom is 0.323 e. The molecule has 0 amide bonds. The van der Waals surface area contributed by atoms with Crippen molar-refractivity contribution in [1.29, 1.82) is 0 Å². The quantitative estimate of drug-likeness (QED) is 0.810. The fourth-order valence-corrected chi connectivity index (χ4v) is 1.65. The lowest BCUT2D eigenvalue weighted by atomic mass is 10.3. The van der Waals surface area contributed by atoms with Crippen LogP contribution in [0.3, 0.4) is 0 Å². The third-order valence-corrected chi connectivity index (χ3v) is 2.57. The molecule has 0 aliphatic carbocycles. The van der Waals surface area contributed by atoms with Gasteiger partial charge in [0.2, 0.25) is 11.9 Å². The van der Waals surface area contributed by atoms with Gasteiger partial charge in [0, 0.05) is 12.2 Å². The molecule has 0 aliphatic heterocycles. The lowest BCUT2D eigenvalue weighted by Gasteiger charge is -2.09. The highest BCUT2D eigenvalue weighted by Gasteiger charge is 2.07. The molecule has 0 radical (unpaired) electrons. The van der Waals surface area contributed by atoms with Crippen LogP contribution < -0.4 is 20.1 Å². The summed E-state index contributed by atoms with van der Waals surface area (Å²) in [6.07, 6.45) is 0. The van der Waals surface area contributed by atoms with Gasteiger partial charge in [-0.15, -0.1) is 0 Å². The Morgan fingerprint density at radius 3 is 2.33 bits per heavy atom. The van der Waals surface area contributed by atoms with Crippen molar-refractivity contribution in [2.75, 3.05) is 30.9 Å². The van der Waals surface area contributed by atoms with Crippen molar-refractivity contribution in [3.63, 3.8) is 0 Å². The molecule has 2 rings (SSSR count). The smallest absolute Gasteiger partial charge is 0.323 e. The molecule has 0 bridgehead atoms. The molecule has 0 saturated heterocycles. The summed E-state index contributed by atoms with van der Waals surface area (Å²) in [5, 5.41) is 6.16. The third kappa shape index (κ3) is 4.20. The van der Waals surface area contributed by atoms with Gasteiger partial charge in [0.25, 0.3) is 0 Å². The summed E-state index contributed by atoms with van der Waals surface area (Å²) in [4.78, 5) is 12.7. The van der Waals surface area contributed by atoms with Crippen LogP contribution in [0.25, 0.3) is 0 Å². The number of nitrogens with one attached hydrogen (secondary N) is 2. The number of nitrogens with zero attached hydrogens (tertiary/aromatic N) is 3. The first-order valence-electron chi connectivity index (χ1n) is 6.79. The zero-order valence-corrected chi connectivity index (χ0v) is 12.4. The minimum Gasteiger partial charge on any atom is -0.497 e. The highest BCUT2D eigenvalue weighted by atomic mass is 16.5. The summed E-state index contributed by atoms with van der Waals surface area (Å²) in [7, 11) is 1.63. The summed E-state index contributed by atoms with van der Waals surface area (Å²) < 4.78 is 10.5. The predicted molar refractivity (Wildman–Crippen MR) is 81.4 cm³/mol. The number of rotatable bonds is 7. The van der Waals surface area contributed by atoms with Gasteiger partial charge >= 0.3 is 6.01 Å². The number of methoxy groups -OCH3 is 1. The van der Waals surface area contributed by atoms with Crippen LogP contribution in [-0.4, -0.2) is 35.2 Å². The van der Waals surface area contributed by atoms with Gasteiger partial charge < -0.3 is 20.1 Å². The van der Waals surface area contributed by atoms with Crippen molar-refractivity contribution in [3.8, 4) is 11.8 Å². The molecule has 0 aliphatic rings. The van der Waals surface area contributed by atoms with E-state index >= 15 is 0 Å². The number of hydrogen-bond acceptors (Lipinski definition) is 7. The lowest BCUT2D eigenvalue weighted by molar-refractivity contribution is 0.312. The van der Waals surface area contributed by atoms with Crippen LogP contribution in [0.4, 0.5) is 17.6 Å². The van der Waals surface area contributed by atoms with Gasteiger partial charge in [0.1, 0.15) is 5.75 Å². The molecule has 112 valence electrons. The Bertz CT molecular complexity index is 550. The predicted octanol–water partition coefficient (Wildman–Crippen LogP) is 2.45. The van der Waals surface area contributed by atoms with Crippen molar-refractivity contribution in [2.45, 2.75) is 13.8 Å². The first-order chi connectivity index (χ1) is 10.2. The molecule has 21 heavy (non-hydrogen) atoms. The van der Waals surface area contributed by atoms with Gasteiger partial charge in [-0.05, 0) is 38.1 Å². The fourth-order valence-electron chi connectivity index (χ4n) is 1.65. The highest BCUT2D eigenvalue weighted by molar-refractivity contribution is 5.55. The second-order valence-electron chi connectivity index (χ2n) is 4.08. The molecule has 7 nitrogen and oxygen atoms in total. The number of aromatic nitrogens is 3. The number of benzene rings is 1. The average Bonchev–Trinajstić information content (AvgIpc) is 2.48. The zero-order valence-electron chi connectivity index (χ0n) is 12.4. The van der Waals surface area contributed by atoms with Gasteiger partial charge in [-0.25, -0.2) is 0 Å². The van der Waals surface area contributed by atoms with E-state index in [0.717, 1.165) is 18.0 Å². The average molecular weight is 289 g/mol. The molecular weight excluding hydrogens is 270 g/mol. The fraction of sp³-hybridized carbons (Fsp3) is 0.357. The minimum atomic E-state index is 0.291. The minimum absolute atomic E-state index is 0.291. The first kappa shape index (κ1) is 14.8. The van der Waals surface area contributed by atoms with E-state index in [1.165, 1.54) is 0 Å². The highest BCUT2D eigenvalue weighted by Crippen LogP contribution is 2.19. The molecule has 2 N–H and O–H groups in total. The molecule has 1 aromatic heterocycles. The molecule has 1 heterocycles. The van der Waals surface area contributed by atoms with Gasteiger partial charge in [-0.1, -0.05) is 0 Å². The van der Waals surface area contributed by atoms with E-state index in [1.54, 1.807) is 7.11 Å². The molecular formula is C14H19N5O2. The molecule has 0 atom stereocenters. The topological polar surface area (TPSA) is 81.2 Å². The van der Waals surface area contributed by atoms with Crippen LogP contribution in [0.1, 0.15) is 13.8 Å². The standard InChI is InChI=1S/C14H19N5O2/c1-4-15-12-17-13(19-14(18-12)21-5-2)16-10-6-8-11(20-3)9-7-10/h6-9H,4-5H2,1-3H3,(H2,15,16,17,18,19). The van der Waals surface area contributed by atoms with Crippen LogP contribution in [0, 0.1) is 0 Å². The molecule has 0 unspecified atom stereocenters. The van der Waals surface area contributed by atoms with E-state index in [-0.39, 0.29) is 0 Å². The Kier molecular flexibility index (Phi) is 5.14. The monoisotopic (exact) mass is 289 g/mol. The van der Waals surface area contributed by atoms with Crippen molar-refractivity contribution in [3.05, 3.63) is 24.3 Å². The Morgan fingerprint density at radius 1 is 1.00 bits per heavy atom. The number of ether oxygens (including phenoxy) is 2. The number of hydrogen-bond donors (Lipinski definition) is 2. The summed E-state index contributed by atoms with van der Waals surface area (Å²) in [5.74, 6) is 1.70. The summed E-state index contributed by atoms with van der Waals surface area (Å²) in [6, 6.07) is 7.78. The van der Waals surface area contributed by atoms with Crippen LogP contribution in [0.2, 0.25) is 0 Å². The van der Waals surface area contributed by atoms with E-state index in [0.29, 0.717) is 24.5 Å². The van der Waals surface area contributed by atoms with E-state index < -0.39 is 0 Å². The summed E-state index contributed by atoms with van der Waals surface area (Å²) >= 11 is 0. The zero-order chi connectivity index (χ0) is 15.1. The summed E-state index contributed by atoms with van der Waals surface area (Å²) in [5.41, 5.74) is 0.854. The van der Waals surface area contributed by atoms with E-state index in [2.05, 4.69) is 25.6 Å². The second kappa shape index (κ2) is 7.28. The Balaban J connectivity index is 2.20. The Hall–Kier alpha value is -2.57. The van der Waals surface area contributed by atoms with Crippen LogP contribution >= 0.6 is 0 Å². The SMILES string of the molecule is CCNc1nc(Nc2ccc(OC)cc2)nc(OCC)n1. The van der Waals surface area contributed by atoms with Crippen LogP contribution in [0.5, 0.6) is 11.8 Å². The molecule has 2 aromatic rings. The summed E-state index contributed by atoms with van der Waals surface area (Å²) in [6.45, 7) is 5.07. The Labute approximate surface area is 123 Å². The van der Waals surface area contributed by atoms with Crippen LogP contribution in [0.15, 0.2) is 24.3 Å². The van der Waals surface area contributed by atoms with Crippen molar-refractivity contribution < 1.29 is 9.47 Å². The molecule has 0 saturated carbocycles. The third-order valence-electron chi connectivity index (χ3n) is 2.57. The molecule has 0 fully saturated rings. The molecule has 7 heteroatoms. The molecule has 1 aromatic carbocycles.